The molecular weight excluding hydrogens is 517 g/mol. The van der Waals surface area contributed by atoms with Gasteiger partial charge < -0.3 is 10.1 Å². The summed E-state index contributed by atoms with van der Waals surface area (Å²) in [5.74, 6) is 0.0633. The minimum absolute atomic E-state index is 0.00783. The van der Waals surface area contributed by atoms with Crippen molar-refractivity contribution in [2.45, 2.75) is 77.2 Å². The first-order valence-electron chi connectivity index (χ1n) is 12.3. The lowest BCUT2D eigenvalue weighted by molar-refractivity contribution is -0.274. The van der Waals surface area contributed by atoms with Crippen molar-refractivity contribution >= 4 is 17.7 Å². The zero-order chi connectivity index (χ0) is 27.7. The molecule has 0 bridgehead atoms. The monoisotopic (exact) mass is 548 g/mol. The Morgan fingerprint density at radius 1 is 1.16 bits per heavy atom. The van der Waals surface area contributed by atoms with Crippen LogP contribution in [-0.4, -0.2) is 43.3 Å². The lowest BCUT2D eigenvalue weighted by Gasteiger charge is -2.39. The van der Waals surface area contributed by atoms with E-state index in [1.165, 1.54) is 40.7 Å². The highest BCUT2D eigenvalue weighted by atomic mass is 32.2. The normalized spacial score (nSPS) is 19.3. The summed E-state index contributed by atoms with van der Waals surface area (Å²) in [7, 11) is 0. The van der Waals surface area contributed by atoms with E-state index < -0.39 is 6.36 Å². The van der Waals surface area contributed by atoms with Gasteiger partial charge in [-0.05, 0) is 74.8 Å². The topological polar surface area (TPSA) is 94.8 Å². The molecule has 2 unspecified atom stereocenters. The van der Waals surface area contributed by atoms with E-state index >= 15 is 0 Å². The molecule has 1 N–H and O–H groups in total. The number of nitrogens with zero attached hydrogens (tertiary/aromatic N) is 5. The summed E-state index contributed by atoms with van der Waals surface area (Å²) in [4.78, 5) is 22.3. The van der Waals surface area contributed by atoms with Crippen LogP contribution in [-0.2, 0) is 5.75 Å². The third kappa shape index (κ3) is 7.24. The van der Waals surface area contributed by atoms with E-state index in [0.717, 1.165) is 30.7 Å². The first-order chi connectivity index (χ1) is 17.8. The van der Waals surface area contributed by atoms with E-state index in [0.29, 0.717) is 22.5 Å². The number of carbonyl (C=O) groups excluding carboxylic acids is 1. The van der Waals surface area contributed by atoms with Gasteiger partial charge in [0.1, 0.15) is 5.75 Å². The van der Waals surface area contributed by atoms with Gasteiger partial charge in [0, 0.05) is 23.2 Å². The van der Waals surface area contributed by atoms with Crippen molar-refractivity contribution < 1.29 is 22.7 Å². The number of benzene rings is 1. The Balaban J connectivity index is 1.62. The van der Waals surface area contributed by atoms with Gasteiger partial charge >= 0.3 is 6.36 Å². The molecule has 0 spiro atoms. The molecule has 12 heteroatoms. The molecule has 1 fully saturated rings. The highest BCUT2D eigenvalue weighted by molar-refractivity contribution is 7.98. The predicted octanol–water partition coefficient (Wildman–Crippen LogP) is 5.81. The van der Waals surface area contributed by atoms with Crippen molar-refractivity contribution in [3.05, 3.63) is 53.1 Å². The Morgan fingerprint density at radius 3 is 2.42 bits per heavy atom. The van der Waals surface area contributed by atoms with Crippen LogP contribution in [0.25, 0.3) is 5.69 Å². The first kappa shape index (κ1) is 27.9. The predicted molar refractivity (Wildman–Crippen MR) is 137 cm³/mol. The second kappa shape index (κ2) is 10.9. The van der Waals surface area contributed by atoms with Crippen LogP contribution in [0.1, 0.15) is 67.6 Å². The van der Waals surface area contributed by atoms with Gasteiger partial charge in [0.2, 0.25) is 0 Å². The maximum Gasteiger partial charge on any atom is 0.573 e. The maximum atomic E-state index is 13.4. The molecule has 204 valence electrons. The van der Waals surface area contributed by atoms with Crippen molar-refractivity contribution in [3.63, 3.8) is 0 Å². The number of alkyl halides is 3. The molecule has 2 aromatic heterocycles. The van der Waals surface area contributed by atoms with Gasteiger partial charge in [-0.3, -0.25) is 4.79 Å². The van der Waals surface area contributed by atoms with Crippen LogP contribution in [0, 0.1) is 25.2 Å². The minimum Gasteiger partial charge on any atom is -0.406 e. The lowest BCUT2D eigenvalue weighted by Crippen LogP contribution is -2.43. The second-order valence-corrected chi connectivity index (χ2v) is 11.6. The van der Waals surface area contributed by atoms with Crippen LogP contribution in [0.2, 0.25) is 0 Å². The average molecular weight is 549 g/mol. The Morgan fingerprint density at radius 2 is 1.82 bits per heavy atom. The number of hydrogen-bond donors (Lipinski definition) is 1. The van der Waals surface area contributed by atoms with Crippen LogP contribution in [0.15, 0.2) is 35.5 Å². The van der Waals surface area contributed by atoms with Gasteiger partial charge in [-0.1, -0.05) is 37.7 Å². The molecule has 3 aromatic rings. The zero-order valence-electron chi connectivity index (χ0n) is 22.0. The van der Waals surface area contributed by atoms with E-state index in [1.54, 1.807) is 0 Å². The standard InChI is InChI=1S/C26H31F3N6O2S/c1-15-10-18(13-25(4,5)12-15)32-23(36)22-21(14-38-24-30-16(2)11-17(3)31-24)35(34-33-22)19-6-8-20(9-7-19)37-26(27,28)29/h6-9,11,15,18H,10,12-14H2,1-5H3,(H,32,36). The van der Waals surface area contributed by atoms with Gasteiger partial charge in [-0.15, -0.1) is 18.3 Å². The molecule has 1 aliphatic carbocycles. The summed E-state index contributed by atoms with van der Waals surface area (Å²) in [5, 5.41) is 12.0. The number of hydrogen-bond acceptors (Lipinski definition) is 7. The number of halogens is 3. The Hall–Kier alpha value is -3.15. The fourth-order valence-electron chi connectivity index (χ4n) is 5.20. The maximum absolute atomic E-state index is 13.4. The molecule has 1 aromatic carbocycles. The molecule has 4 rings (SSSR count). The summed E-state index contributed by atoms with van der Waals surface area (Å²) in [5.41, 5.74) is 2.84. The van der Waals surface area contributed by atoms with E-state index in [9.17, 15) is 18.0 Å². The van der Waals surface area contributed by atoms with Crippen LogP contribution < -0.4 is 10.1 Å². The largest absolute Gasteiger partial charge is 0.573 e. The van der Waals surface area contributed by atoms with E-state index in [2.05, 4.69) is 51.1 Å². The van der Waals surface area contributed by atoms with Crippen LogP contribution >= 0.6 is 11.8 Å². The van der Waals surface area contributed by atoms with Crippen molar-refractivity contribution in [3.8, 4) is 11.4 Å². The average Bonchev–Trinajstić information content (AvgIpc) is 3.19. The fraction of sp³-hybridized carbons (Fsp3) is 0.500. The highest BCUT2D eigenvalue weighted by Crippen LogP contribution is 2.38. The lowest BCUT2D eigenvalue weighted by atomic mass is 9.70. The Kier molecular flexibility index (Phi) is 8.01. The molecule has 2 atom stereocenters. The molecular formula is C26H31F3N6O2S. The van der Waals surface area contributed by atoms with Crippen LogP contribution in [0.3, 0.4) is 0 Å². The van der Waals surface area contributed by atoms with Gasteiger partial charge in [0.25, 0.3) is 5.91 Å². The van der Waals surface area contributed by atoms with Crippen LogP contribution in [0.5, 0.6) is 5.75 Å². The molecule has 1 amide bonds. The molecule has 2 heterocycles. The number of rotatable bonds is 7. The number of amides is 1. The smallest absolute Gasteiger partial charge is 0.406 e. The summed E-state index contributed by atoms with van der Waals surface area (Å²) in [6.07, 6.45) is -1.96. The molecule has 0 radical (unpaired) electrons. The van der Waals surface area contributed by atoms with Gasteiger partial charge in [-0.25, -0.2) is 14.6 Å². The third-order valence-electron chi connectivity index (χ3n) is 6.32. The number of nitrogens with one attached hydrogen (secondary N) is 1. The van der Waals surface area contributed by atoms with Crippen LogP contribution in [0.4, 0.5) is 13.2 Å². The quantitative estimate of drug-likeness (QED) is 0.294. The van der Waals surface area contributed by atoms with Crippen molar-refractivity contribution in [2.24, 2.45) is 11.3 Å². The van der Waals surface area contributed by atoms with Gasteiger partial charge in [0.15, 0.2) is 10.9 Å². The Bertz CT molecular complexity index is 1270. The molecule has 1 aliphatic rings. The van der Waals surface area contributed by atoms with Gasteiger partial charge in [-0.2, -0.15) is 0 Å². The summed E-state index contributed by atoms with van der Waals surface area (Å²) in [6, 6.07) is 7.13. The Labute approximate surface area is 223 Å². The summed E-state index contributed by atoms with van der Waals surface area (Å²) in [6.45, 7) is 10.3. The second-order valence-electron chi connectivity index (χ2n) is 10.6. The van der Waals surface area contributed by atoms with E-state index in [4.69, 9.17) is 0 Å². The number of thioether (sulfide) groups is 1. The number of aromatic nitrogens is 5. The number of carbonyl (C=O) groups is 1. The van der Waals surface area contributed by atoms with Gasteiger partial charge in [0.05, 0.1) is 11.4 Å². The SMILES string of the molecule is Cc1cc(C)nc(SCc2c(C(=O)NC3CC(C)CC(C)(C)C3)nnn2-c2ccc(OC(F)(F)F)cc2)n1. The first-order valence-corrected chi connectivity index (χ1v) is 13.3. The zero-order valence-corrected chi connectivity index (χ0v) is 22.8. The van der Waals surface area contributed by atoms with Crippen molar-refractivity contribution in [1.29, 1.82) is 0 Å². The highest BCUT2D eigenvalue weighted by Gasteiger charge is 2.34. The molecule has 8 nitrogen and oxygen atoms in total. The van der Waals surface area contributed by atoms with Crippen molar-refractivity contribution in [1.82, 2.24) is 30.3 Å². The van der Waals surface area contributed by atoms with E-state index in [-0.39, 0.29) is 34.6 Å². The number of aryl methyl sites for hydroxylation is 2. The summed E-state index contributed by atoms with van der Waals surface area (Å²) >= 11 is 1.33. The molecule has 0 aliphatic heterocycles. The third-order valence-corrected chi connectivity index (χ3v) is 7.17. The molecule has 38 heavy (non-hydrogen) atoms. The van der Waals surface area contributed by atoms with Crippen molar-refractivity contribution in [2.75, 3.05) is 0 Å². The minimum atomic E-state index is -4.79. The molecule has 1 saturated carbocycles. The number of ether oxygens (including phenoxy) is 1. The van der Waals surface area contributed by atoms with E-state index in [1.807, 2.05) is 19.9 Å². The molecule has 0 saturated heterocycles. The summed E-state index contributed by atoms with van der Waals surface area (Å²) < 4.78 is 43.2. The fourth-order valence-corrected chi connectivity index (χ4v) is 6.15.